The summed E-state index contributed by atoms with van der Waals surface area (Å²) >= 11 is 0. The first-order chi connectivity index (χ1) is 13.6. The topological polar surface area (TPSA) is 66.5 Å². The zero-order valence-corrected chi connectivity index (χ0v) is 19.9. The molecule has 0 unspecified atom stereocenters. The number of sulfonamides is 1. The highest BCUT2D eigenvalue weighted by atomic mass is 32.2. The van der Waals surface area contributed by atoms with Gasteiger partial charge >= 0.3 is 0 Å². The van der Waals surface area contributed by atoms with Crippen LogP contribution in [0.3, 0.4) is 0 Å². The van der Waals surface area contributed by atoms with Gasteiger partial charge in [0.2, 0.25) is 15.9 Å². The van der Waals surface area contributed by atoms with E-state index in [2.05, 4.69) is 33.0 Å². The number of para-hydroxylation sites is 1. The number of nitrogens with zero attached hydrogens (tertiary/aromatic N) is 1. The summed E-state index contributed by atoms with van der Waals surface area (Å²) in [5.41, 5.74) is 2.71. The lowest BCUT2D eigenvalue weighted by Crippen LogP contribution is -2.34. The third kappa shape index (κ3) is 8.37. The number of anilines is 1. The third-order valence-electron chi connectivity index (χ3n) is 5.44. The number of rotatable bonds is 13. The van der Waals surface area contributed by atoms with Gasteiger partial charge < -0.3 is 5.32 Å². The maximum atomic E-state index is 12.5. The van der Waals surface area contributed by atoms with Crippen molar-refractivity contribution in [3.63, 3.8) is 0 Å². The minimum absolute atomic E-state index is 0.00210. The molecule has 1 rings (SSSR count). The number of unbranched alkanes of at least 4 members (excludes halogenated alkanes) is 1. The van der Waals surface area contributed by atoms with Gasteiger partial charge in [0.15, 0.2) is 0 Å². The van der Waals surface area contributed by atoms with Crippen LogP contribution in [0.2, 0.25) is 0 Å². The molecule has 6 heteroatoms. The Morgan fingerprint density at radius 1 is 1.17 bits per heavy atom. The van der Waals surface area contributed by atoms with Crippen molar-refractivity contribution >= 4 is 21.6 Å². The van der Waals surface area contributed by atoms with Crippen LogP contribution < -0.4 is 9.62 Å². The third-order valence-corrected chi connectivity index (χ3v) is 6.60. The van der Waals surface area contributed by atoms with E-state index in [1.54, 1.807) is 0 Å². The molecule has 166 valence electrons. The van der Waals surface area contributed by atoms with Crippen LogP contribution in [0, 0.1) is 12.8 Å². The van der Waals surface area contributed by atoms with Crippen LogP contribution in [0.4, 0.5) is 5.69 Å². The van der Waals surface area contributed by atoms with Gasteiger partial charge in [-0.3, -0.25) is 9.10 Å². The fraction of sp³-hybridized carbons (Fsp3) is 0.696. The van der Waals surface area contributed by atoms with E-state index in [0.29, 0.717) is 31.8 Å². The maximum absolute atomic E-state index is 12.5. The minimum Gasteiger partial charge on any atom is -0.356 e. The zero-order valence-electron chi connectivity index (χ0n) is 19.1. The largest absolute Gasteiger partial charge is 0.356 e. The molecule has 0 aliphatic heterocycles. The molecule has 29 heavy (non-hydrogen) atoms. The van der Waals surface area contributed by atoms with Crippen molar-refractivity contribution in [3.05, 3.63) is 29.3 Å². The van der Waals surface area contributed by atoms with Crippen molar-refractivity contribution in [1.29, 1.82) is 0 Å². The van der Waals surface area contributed by atoms with Crippen LogP contribution in [0.25, 0.3) is 0 Å². The first-order valence-corrected chi connectivity index (χ1v) is 12.8. The number of hydrogen-bond donors (Lipinski definition) is 1. The quantitative estimate of drug-likeness (QED) is 0.485. The molecule has 0 aliphatic rings. The van der Waals surface area contributed by atoms with Crippen LogP contribution in [0.15, 0.2) is 18.2 Å². The number of carbonyl (C=O) groups is 1. The van der Waals surface area contributed by atoms with Crippen molar-refractivity contribution in [1.82, 2.24) is 5.32 Å². The number of benzene rings is 1. The number of aryl methyl sites for hydroxylation is 1. The van der Waals surface area contributed by atoms with Crippen molar-refractivity contribution in [2.75, 3.05) is 23.7 Å². The molecule has 0 fully saturated rings. The van der Waals surface area contributed by atoms with Gasteiger partial charge in [0, 0.05) is 19.5 Å². The van der Waals surface area contributed by atoms with Crippen LogP contribution >= 0.6 is 0 Å². The molecule has 0 heterocycles. The zero-order chi connectivity index (χ0) is 22.0. The van der Waals surface area contributed by atoms with E-state index in [1.165, 1.54) is 23.4 Å². The lowest BCUT2D eigenvalue weighted by molar-refractivity contribution is -0.121. The Kier molecular flexibility index (Phi) is 10.7. The van der Waals surface area contributed by atoms with Crippen LogP contribution in [0.5, 0.6) is 0 Å². The summed E-state index contributed by atoms with van der Waals surface area (Å²) in [5.74, 6) is 0.737. The Morgan fingerprint density at radius 3 is 2.41 bits per heavy atom. The second kappa shape index (κ2) is 12.2. The van der Waals surface area contributed by atoms with E-state index in [-0.39, 0.29) is 11.8 Å². The van der Waals surface area contributed by atoms with E-state index < -0.39 is 10.0 Å². The van der Waals surface area contributed by atoms with Gasteiger partial charge in [0.05, 0.1) is 11.9 Å². The highest BCUT2D eigenvalue weighted by molar-refractivity contribution is 7.92. The number of carbonyl (C=O) groups excluding carboxylic acids is 1. The molecule has 0 aromatic heterocycles. The average Bonchev–Trinajstić information content (AvgIpc) is 2.64. The summed E-state index contributed by atoms with van der Waals surface area (Å²) in [6.07, 6.45) is 6.63. The highest BCUT2D eigenvalue weighted by Crippen LogP contribution is 2.32. The molecule has 5 nitrogen and oxygen atoms in total. The lowest BCUT2D eigenvalue weighted by atomic mass is 9.98. The van der Waals surface area contributed by atoms with E-state index in [9.17, 15) is 13.2 Å². The average molecular weight is 425 g/mol. The van der Waals surface area contributed by atoms with Gasteiger partial charge in [0.25, 0.3) is 0 Å². The summed E-state index contributed by atoms with van der Waals surface area (Å²) < 4.78 is 26.5. The number of nitrogens with one attached hydrogen (secondary N) is 1. The Morgan fingerprint density at radius 2 is 1.86 bits per heavy atom. The molecule has 0 radical (unpaired) electrons. The molecule has 1 aromatic rings. The number of amides is 1. The van der Waals surface area contributed by atoms with Crippen LogP contribution in [-0.2, 0) is 14.8 Å². The summed E-state index contributed by atoms with van der Waals surface area (Å²) in [6.45, 7) is 11.4. The van der Waals surface area contributed by atoms with E-state index in [1.807, 2.05) is 25.1 Å². The summed E-state index contributed by atoms with van der Waals surface area (Å²) in [4.78, 5) is 12.3. The molecule has 1 N–H and O–H groups in total. The van der Waals surface area contributed by atoms with Crippen molar-refractivity contribution in [2.45, 2.75) is 79.1 Å². The molecular formula is C23H40N2O3S. The monoisotopic (exact) mass is 424 g/mol. The van der Waals surface area contributed by atoms with Gasteiger partial charge in [-0.25, -0.2) is 8.42 Å². The fourth-order valence-corrected chi connectivity index (χ4v) is 4.65. The molecule has 0 saturated carbocycles. The second-order valence-electron chi connectivity index (χ2n) is 8.33. The lowest BCUT2D eigenvalue weighted by Gasteiger charge is -2.28. The highest BCUT2D eigenvalue weighted by Gasteiger charge is 2.23. The molecular weight excluding hydrogens is 384 g/mol. The molecule has 0 aliphatic carbocycles. The standard InChI is InChI=1S/C23H40N2O3S/c1-7-9-13-20(8-2)17-24-22(26)15-11-16-25(29(6,27)28)23-19(5)12-10-14-21(23)18(3)4/h10,12,14,18,20H,7-9,11,13,15-17H2,1-6H3,(H,24,26)/t20-/m0/s1. The first-order valence-electron chi connectivity index (χ1n) is 11.0. The van der Waals surface area contributed by atoms with Crippen molar-refractivity contribution < 1.29 is 13.2 Å². The second-order valence-corrected chi connectivity index (χ2v) is 10.2. The molecule has 0 saturated heterocycles. The van der Waals surface area contributed by atoms with Gasteiger partial charge in [0.1, 0.15) is 0 Å². The number of hydrogen-bond acceptors (Lipinski definition) is 3. The molecule has 1 atom stereocenters. The Hall–Kier alpha value is -1.56. The smallest absolute Gasteiger partial charge is 0.232 e. The van der Waals surface area contributed by atoms with Gasteiger partial charge in [-0.15, -0.1) is 0 Å². The normalized spacial score (nSPS) is 12.8. The van der Waals surface area contributed by atoms with Crippen molar-refractivity contribution in [2.24, 2.45) is 5.92 Å². The van der Waals surface area contributed by atoms with E-state index in [0.717, 1.165) is 29.7 Å². The van der Waals surface area contributed by atoms with Gasteiger partial charge in [-0.05, 0) is 42.7 Å². The predicted molar refractivity (Wildman–Crippen MR) is 123 cm³/mol. The molecule has 1 aromatic carbocycles. The fourth-order valence-electron chi connectivity index (χ4n) is 3.60. The summed E-state index contributed by atoms with van der Waals surface area (Å²) in [6, 6.07) is 5.89. The predicted octanol–water partition coefficient (Wildman–Crippen LogP) is 5.00. The molecule has 1 amide bonds. The van der Waals surface area contributed by atoms with Crippen LogP contribution in [0.1, 0.15) is 83.3 Å². The SMILES string of the molecule is CCCC[C@H](CC)CNC(=O)CCCN(c1c(C)cccc1C(C)C)S(C)(=O)=O. The summed E-state index contributed by atoms with van der Waals surface area (Å²) in [7, 11) is -3.43. The Bertz CT molecular complexity index is 744. The first kappa shape index (κ1) is 25.5. The van der Waals surface area contributed by atoms with Gasteiger partial charge in [-0.2, -0.15) is 0 Å². The molecule has 0 spiro atoms. The Balaban J connectivity index is 2.75. The van der Waals surface area contributed by atoms with E-state index >= 15 is 0 Å². The minimum atomic E-state index is -3.43. The van der Waals surface area contributed by atoms with E-state index in [4.69, 9.17) is 0 Å². The summed E-state index contributed by atoms with van der Waals surface area (Å²) in [5, 5.41) is 3.03. The van der Waals surface area contributed by atoms with Crippen LogP contribution in [-0.4, -0.2) is 33.7 Å². The molecule has 0 bridgehead atoms. The Labute approximate surface area is 178 Å². The van der Waals surface area contributed by atoms with Crippen molar-refractivity contribution in [3.8, 4) is 0 Å². The van der Waals surface area contributed by atoms with Gasteiger partial charge in [-0.1, -0.05) is 65.2 Å². The maximum Gasteiger partial charge on any atom is 0.232 e.